The van der Waals surface area contributed by atoms with Gasteiger partial charge in [0.2, 0.25) is 0 Å². The summed E-state index contributed by atoms with van der Waals surface area (Å²) in [6, 6.07) is 0. The summed E-state index contributed by atoms with van der Waals surface area (Å²) >= 11 is 0. The Morgan fingerprint density at radius 3 is 1.67 bits per heavy atom. The molecule has 0 aromatic heterocycles. The van der Waals surface area contributed by atoms with Crippen molar-refractivity contribution in [3.63, 3.8) is 0 Å². The maximum absolute atomic E-state index is 10.3. The molecule has 0 aromatic rings. The maximum atomic E-state index is 10.3. The first-order valence-electron chi connectivity index (χ1n) is 9.72. The Balaban J connectivity index is 0. The van der Waals surface area contributed by atoms with Crippen molar-refractivity contribution in [3.8, 4) is 0 Å². The second kappa shape index (κ2) is 22.1. The molecule has 1 aliphatic rings. The summed E-state index contributed by atoms with van der Waals surface area (Å²) in [4.78, 5) is 10.3. The summed E-state index contributed by atoms with van der Waals surface area (Å²) in [6.07, 6.45) is 21.2. The Hall–Kier alpha value is -0.870. The number of carboxylic acid groups (broad SMARTS) is 1. The average Bonchev–Trinajstić information content (AvgIpc) is 3.39. The first kappa shape index (κ1) is 25.4. The van der Waals surface area contributed by atoms with E-state index in [1.807, 2.05) is 0 Å². The van der Waals surface area contributed by atoms with Crippen molar-refractivity contribution in [2.24, 2.45) is 0 Å². The monoisotopic (exact) mass is 343 g/mol. The Morgan fingerprint density at radius 1 is 0.833 bits per heavy atom. The van der Waals surface area contributed by atoms with Gasteiger partial charge in [0.15, 0.2) is 0 Å². The zero-order chi connectivity index (χ0) is 17.0. The number of unbranched alkanes of at least 4 members (excludes halogenated alkanes) is 11. The molecule has 4 nitrogen and oxygen atoms in total. The largest absolute Gasteiger partial charge is 0.481 e. The van der Waals surface area contributed by atoms with Crippen molar-refractivity contribution >= 4 is 5.97 Å². The van der Waals surface area contributed by atoms with Gasteiger partial charge in [-0.05, 0) is 32.1 Å². The van der Waals surface area contributed by atoms with Crippen molar-refractivity contribution in [2.75, 3.05) is 13.2 Å². The molecule has 24 heavy (non-hydrogen) atoms. The standard InChI is InChI=1S/C18H34O2.C2H4O.H3N/c1-2-3-4-5-6-7-8-9-10-11-12-13-14-15-16-17-18(19)20;1-2-3-1;/h9-10H,2-8,11-17H2,1H3,(H,19,20);1-2H2;1H3/b10-9-;;. The van der Waals surface area contributed by atoms with E-state index in [2.05, 4.69) is 23.8 Å². The van der Waals surface area contributed by atoms with Gasteiger partial charge in [-0.3, -0.25) is 4.79 Å². The zero-order valence-corrected chi connectivity index (χ0v) is 15.9. The van der Waals surface area contributed by atoms with Gasteiger partial charge in [-0.15, -0.1) is 0 Å². The lowest BCUT2D eigenvalue weighted by molar-refractivity contribution is -0.137. The molecule has 0 unspecified atom stereocenters. The highest BCUT2D eigenvalue weighted by molar-refractivity contribution is 5.66. The molecule has 4 N–H and O–H groups in total. The number of carbonyl (C=O) groups is 1. The molecule has 0 aliphatic carbocycles. The van der Waals surface area contributed by atoms with Crippen LogP contribution in [0, 0.1) is 0 Å². The van der Waals surface area contributed by atoms with E-state index in [-0.39, 0.29) is 6.15 Å². The van der Waals surface area contributed by atoms with Crippen LogP contribution in [0.1, 0.15) is 96.8 Å². The second-order valence-corrected chi connectivity index (χ2v) is 6.34. The lowest BCUT2D eigenvalue weighted by Gasteiger charge is -1.99. The van der Waals surface area contributed by atoms with Gasteiger partial charge < -0.3 is 16.0 Å². The van der Waals surface area contributed by atoms with Gasteiger partial charge in [0.05, 0.1) is 13.2 Å². The molecule has 1 fully saturated rings. The fourth-order valence-electron chi connectivity index (χ4n) is 2.35. The van der Waals surface area contributed by atoms with Crippen molar-refractivity contribution in [2.45, 2.75) is 96.8 Å². The summed E-state index contributed by atoms with van der Waals surface area (Å²) < 4.78 is 4.50. The van der Waals surface area contributed by atoms with E-state index in [9.17, 15) is 4.79 Å². The molecule has 1 heterocycles. The first-order chi connectivity index (χ1) is 11.3. The van der Waals surface area contributed by atoms with E-state index in [1.165, 1.54) is 70.6 Å². The summed E-state index contributed by atoms with van der Waals surface area (Å²) in [5.41, 5.74) is 0. The van der Waals surface area contributed by atoms with Crippen LogP contribution in [0.2, 0.25) is 0 Å². The van der Waals surface area contributed by atoms with Crippen molar-refractivity contribution in [3.05, 3.63) is 12.2 Å². The van der Waals surface area contributed by atoms with E-state index in [0.717, 1.165) is 26.1 Å². The summed E-state index contributed by atoms with van der Waals surface area (Å²) in [6.45, 7) is 4.26. The normalized spacial score (nSPS) is 12.4. The fraction of sp³-hybridized carbons (Fsp3) is 0.850. The maximum Gasteiger partial charge on any atom is 0.303 e. The lowest BCUT2D eigenvalue weighted by Crippen LogP contribution is -1.93. The summed E-state index contributed by atoms with van der Waals surface area (Å²) in [5.74, 6) is -0.664. The Labute approximate surface area is 149 Å². The van der Waals surface area contributed by atoms with E-state index < -0.39 is 5.97 Å². The van der Waals surface area contributed by atoms with Crippen molar-refractivity contribution in [1.82, 2.24) is 6.15 Å². The van der Waals surface area contributed by atoms with Gasteiger partial charge >= 0.3 is 5.97 Å². The smallest absolute Gasteiger partial charge is 0.303 e. The fourth-order valence-corrected chi connectivity index (χ4v) is 2.35. The molecule has 0 aromatic carbocycles. The third kappa shape index (κ3) is 29.2. The van der Waals surface area contributed by atoms with Crippen molar-refractivity contribution in [1.29, 1.82) is 0 Å². The van der Waals surface area contributed by atoms with Crippen LogP contribution in [0.25, 0.3) is 0 Å². The Morgan fingerprint density at radius 2 is 1.25 bits per heavy atom. The second-order valence-electron chi connectivity index (χ2n) is 6.34. The molecule has 1 rings (SSSR count). The third-order valence-corrected chi connectivity index (χ3v) is 3.86. The molecular weight excluding hydrogens is 302 g/mol. The minimum absolute atomic E-state index is 0. The number of hydrogen-bond donors (Lipinski definition) is 2. The van der Waals surface area contributed by atoms with E-state index in [1.54, 1.807) is 0 Å². The van der Waals surface area contributed by atoms with Crippen LogP contribution in [-0.2, 0) is 9.53 Å². The van der Waals surface area contributed by atoms with Crippen LogP contribution >= 0.6 is 0 Å². The molecule has 0 saturated carbocycles. The molecule has 144 valence electrons. The molecule has 1 aliphatic heterocycles. The summed E-state index contributed by atoms with van der Waals surface area (Å²) in [7, 11) is 0. The zero-order valence-electron chi connectivity index (χ0n) is 15.9. The quantitative estimate of drug-likeness (QED) is 0.208. The van der Waals surface area contributed by atoms with E-state index in [4.69, 9.17) is 5.11 Å². The predicted octanol–water partition coefficient (Wildman–Crippen LogP) is 6.29. The van der Waals surface area contributed by atoms with Gasteiger partial charge in [0, 0.05) is 6.42 Å². The number of epoxide rings is 1. The number of aliphatic carboxylic acids is 1. The van der Waals surface area contributed by atoms with Crippen LogP contribution in [0.5, 0.6) is 0 Å². The van der Waals surface area contributed by atoms with E-state index >= 15 is 0 Å². The number of rotatable bonds is 15. The highest BCUT2D eigenvalue weighted by Gasteiger charge is 1.96. The molecule has 1 saturated heterocycles. The minimum atomic E-state index is -0.664. The predicted molar refractivity (Wildman–Crippen MR) is 103 cm³/mol. The molecule has 4 heteroatoms. The topological polar surface area (TPSA) is 84.8 Å². The number of carboxylic acids is 1. The van der Waals surface area contributed by atoms with Gasteiger partial charge in [-0.25, -0.2) is 0 Å². The van der Waals surface area contributed by atoms with Gasteiger partial charge in [-0.2, -0.15) is 0 Å². The highest BCUT2D eigenvalue weighted by Crippen LogP contribution is 2.09. The number of hydrogen-bond acceptors (Lipinski definition) is 3. The molecule has 0 amide bonds. The van der Waals surface area contributed by atoms with Gasteiger partial charge in [0.1, 0.15) is 0 Å². The van der Waals surface area contributed by atoms with E-state index in [0.29, 0.717) is 6.42 Å². The highest BCUT2D eigenvalue weighted by atomic mass is 16.6. The lowest BCUT2D eigenvalue weighted by atomic mass is 10.1. The molecule has 0 radical (unpaired) electrons. The van der Waals surface area contributed by atoms with Crippen LogP contribution in [0.3, 0.4) is 0 Å². The number of allylic oxidation sites excluding steroid dienone is 2. The van der Waals surface area contributed by atoms with Crippen LogP contribution in [-0.4, -0.2) is 24.3 Å². The minimum Gasteiger partial charge on any atom is -0.481 e. The van der Waals surface area contributed by atoms with Gasteiger partial charge in [-0.1, -0.05) is 70.4 Å². The molecule has 0 atom stereocenters. The third-order valence-electron chi connectivity index (χ3n) is 3.86. The summed E-state index contributed by atoms with van der Waals surface area (Å²) in [5, 5.41) is 8.51. The molecule has 0 spiro atoms. The average molecular weight is 344 g/mol. The number of ether oxygens (including phenoxy) is 1. The molecule has 0 bridgehead atoms. The first-order valence-corrected chi connectivity index (χ1v) is 9.72. The van der Waals surface area contributed by atoms with Crippen LogP contribution < -0.4 is 6.15 Å². The van der Waals surface area contributed by atoms with Crippen LogP contribution in [0.15, 0.2) is 12.2 Å². The Kier molecular flexibility index (Phi) is 23.4. The van der Waals surface area contributed by atoms with Crippen LogP contribution in [0.4, 0.5) is 0 Å². The molecular formula is C20H41NO3. The Bertz CT molecular complexity index is 275. The van der Waals surface area contributed by atoms with Crippen molar-refractivity contribution < 1.29 is 14.6 Å². The van der Waals surface area contributed by atoms with Gasteiger partial charge in [0.25, 0.3) is 0 Å². The SMILES string of the molecule is C1CO1.CCCCCCCC/C=C\CCCCCCCC(=O)O.N.